The van der Waals surface area contributed by atoms with Crippen LogP contribution in [0.5, 0.6) is 0 Å². The number of rotatable bonds is 5. The van der Waals surface area contributed by atoms with E-state index in [0.29, 0.717) is 29.6 Å². The van der Waals surface area contributed by atoms with Crippen molar-refractivity contribution in [1.29, 1.82) is 0 Å². The Morgan fingerprint density at radius 2 is 1.96 bits per heavy atom. The lowest BCUT2D eigenvalue weighted by Crippen LogP contribution is -2.24. The molecular formula is C19H20N4O2. The molecule has 0 aliphatic heterocycles. The molecular weight excluding hydrogens is 316 g/mol. The third-order valence-corrected chi connectivity index (χ3v) is 3.73. The van der Waals surface area contributed by atoms with Crippen molar-refractivity contribution in [2.24, 2.45) is 0 Å². The summed E-state index contributed by atoms with van der Waals surface area (Å²) in [5.74, 6) is 0.815. The molecule has 3 rings (SSSR count). The van der Waals surface area contributed by atoms with E-state index in [4.69, 9.17) is 4.42 Å². The van der Waals surface area contributed by atoms with E-state index in [9.17, 15) is 4.79 Å². The van der Waals surface area contributed by atoms with Gasteiger partial charge in [-0.15, -0.1) is 0 Å². The first-order chi connectivity index (χ1) is 12.0. The normalized spacial score (nSPS) is 10.5. The molecule has 3 aromatic rings. The largest absolute Gasteiger partial charge is 0.467 e. The SMILES string of the molecule is Cc1ccc(C)c(Nc2nc(C)cc(C(=O)NCc3ccco3)n2)c1. The van der Waals surface area contributed by atoms with Crippen molar-refractivity contribution in [2.75, 3.05) is 5.32 Å². The molecule has 0 spiro atoms. The molecule has 0 atom stereocenters. The van der Waals surface area contributed by atoms with Crippen LogP contribution < -0.4 is 10.6 Å². The Balaban J connectivity index is 1.77. The van der Waals surface area contributed by atoms with Crippen LogP contribution >= 0.6 is 0 Å². The van der Waals surface area contributed by atoms with Gasteiger partial charge < -0.3 is 15.1 Å². The second-order valence-corrected chi connectivity index (χ2v) is 5.92. The van der Waals surface area contributed by atoms with Crippen molar-refractivity contribution in [1.82, 2.24) is 15.3 Å². The molecule has 2 heterocycles. The molecule has 6 nitrogen and oxygen atoms in total. The van der Waals surface area contributed by atoms with E-state index >= 15 is 0 Å². The zero-order valence-electron chi connectivity index (χ0n) is 14.5. The Hall–Kier alpha value is -3.15. The van der Waals surface area contributed by atoms with Crippen molar-refractivity contribution in [2.45, 2.75) is 27.3 Å². The number of carbonyl (C=O) groups excluding carboxylic acids is 1. The average molecular weight is 336 g/mol. The number of amides is 1. The van der Waals surface area contributed by atoms with Gasteiger partial charge in [0, 0.05) is 11.4 Å². The van der Waals surface area contributed by atoms with E-state index < -0.39 is 0 Å². The van der Waals surface area contributed by atoms with Crippen LogP contribution in [-0.4, -0.2) is 15.9 Å². The fourth-order valence-corrected chi connectivity index (χ4v) is 2.40. The Morgan fingerprint density at radius 1 is 1.12 bits per heavy atom. The fraction of sp³-hybridized carbons (Fsp3) is 0.211. The maximum Gasteiger partial charge on any atom is 0.270 e. The number of nitrogens with zero attached hydrogens (tertiary/aromatic N) is 2. The van der Waals surface area contributed by atoms with Crippen molar-refractivity contribution >= 4 is 17.5 Å². The first-order valence-corrected chi connectivity index (χ1v) is 8.02. The number of aryl methyl sites for hydroxylation is 3. The van der Waals surface area contributed by atoms with Crippen LogP contribution in [0, 0.1) is 20.8 Å². The van der Waals surface area contributed by atoms with Gasteiger partial charge in [-0.1, -0.05) is 12.1 Å². The number of anilines is 2. The zero-order valence-corrected chi connectivity index (χ0v) is 14.5. The Kier molecular flexibility index (Phi) is 4.79. The Bertz CT molecular complexity index is 888. The van der Waals surface area contributed by atoms with Gasteiger partial charge in [-0.05, 0) is 56.2 Å². The average Bonchev–Trinajstić information content (AvgIpc) is 3.09. The monoisotopic (exact) mass is 336 g/mol. The quantitative estimate of drug-likeness (QED) is 0.743. The summed E-state index contributed by atoms with van der Waals surface area (Å²) >= 11 is 0. The fourth-order valence-electron chi connectivity index (χ4n) is 2.40. The van der Waals surface area contributed by atoms with E-state index in [1.54, 1.807) is 24.5 Å². The maximum atomic E-state index is 12.3. The van der Waals surface area contributed by atoms with Crippen molar-refractivity contribution in [3.05, 3.63) is 70.9 Å². The first kappa shape index (κ1) is 16.7. The summed E-state index contributed by atoms with van der Waals surface area (Å²) in [5, 5.41) is 5.99. The number of benzene rings is 1. The van der Waals surface area contributed by atoms with E-state index in [2.05, 4.69) is 20.6 Å². The van der Waals surface area contributed by atoms with Crippen LogP contribution in [0.15, 0.2) is 47.1 Å². The maximum absolute atomic E-state index is 12.3. The number of nitrogens with one attached hydrogen (secondary N) is 2. The molecule has 0 fully saturated rings. The summed E-state index contributed by atoms with van der Waals surface area (Å²) in [6.07, 6.45) is 1.57. The van der Waals surface area contributed by atoms with E-state index in [-0.39, 0.29) is 5.91 Å². The highest BCUT2D eigenvalue weighted by molar-refractivity contribution is 5.92. The summed E-state index contributed by atoms with van der Waals surface area (Å²) in [6, 6.07) is 11.3. The molecule has 25 heavy (non-hydrogen) atoms. The third-order valence-electron chi connectivity index (χ3n) is 3.73. The lowest BCUT2D eigenvalue weighted by Gasteiger charge is -2.11. The molecule has 1 amide bonds. The minimum absolute atomic E-state index is 0.272. The predicted octanol–water partition coefficient (Wildman–Crippen LogP) is 3.67. The van der Waals surface area contributed by atoms with Gasteiger partial charge in [0.25, 0.3) is 5.91 Å². The summed E-state index contributed by atoms with van der Waals surface area (Å²) in [4.78, 5) is 21.1. The van der Waals surface area contributed by atoms with Crippen LogP contribution in [0.1, 0.15) is 33.1 Å². The van der Waals surface area contributed by atoms with Crippen LogP contribution in [0.4, 0.5) is 11.6 Å². The van der Waals surface area contributed by atoms with Gasteiger partial charge in [0.05, 0.1) is 12.8 Å². The molecule has 128 valence electrons. The minimum Gasteiger partial charge on any atom is -0.467 e. The topological polar surface area (TPSA) is 80.0 Å². The summed E-state index contributed by atoms with van der Waals surface area (Å²) < 4.78 is 5.21. The van der Waals surface area contributed by atoms with Crippen LogP contribution in [0.25, 0.3) is 0 Å². The summed E-state index contributed by atoms with van der Waals surface area (Å²) in [7, 11) is 0. The van der Waals surface area contributed by atoms with Gasteiger partial charge >= 0.3 is 0 Å². The van der Waals surface area contributed by atoms with Gasteiger partial charge in [0.2, 0.25) is 5.95 Å². The number of aromatic nitrogens is 2. The molecule has 1 aromatic carbocycles. The highest BCUT2D eigenvalue weighted by Gasteiger charge is 2.12. The molecule has 0 saturated heterocycles. The second-order valence-electron chi connectivity index (χ2n) is 5.92. The van der Waals surface area contributed by atoms with Crippen LogP contribution in [0.3, 0.4) is 0 Å². The first-order valence-electron chi connectivity index (χ1n) is 8.02. The van der Waals surface area contributed by atoms with Gasteiger partial charge in [-0.3, -0.25) is 4.79 Å². The van der Waals surface area contributed by atoms with Gasteiger partial charge in [0.15, 0.2) is 0 Å². The Morgan fingerprint density at radius 3 is 2.72 bits per heavy atom. The van der Waals surface area contributed by atoms with Gasteiger partial charge in [0.1, 0.15) is 11.5 Å². The molecule has 0 aliphatic rings. The van der Waals surface area contributed by atoms with E-state index in [1.807, 2.05) is 39.0 Å². The number of carbonyl (C=O) groups is 1. The lowest BCUT2D eigenvalue weighted by molar-refractivity contribution is 0.0943. The minimum atomic E-state index is -0.272. The number of hydrogen-bond donors (Lipinski definition) is 2. The third kappa shape index (κ3) is 4.23. The smallest absolute Gasteiger partial charge is 0.270 e. The predicted molar refractivity (Wildman–Crippen MR) is 95.8 cm³/mol. The number of hydrogen-bond acceptors (Lipinski definition) is 5. The molecule has 2 aromatic heterocycles. The molecule has 0 radical (unpaired) electrons. The molecule has 0 bridgehead atoms. The molecule has 0 saturated carbocycles. The standard InChI is InChI=1S/C19H20N4O2/c1-12-6-7-13(2)16(9-12)22-19-21-14(3)10-17(23-19)18(24)20-11-15-5-4-8-25-15/h4-10H,11H2,1-3H3,(H,20,24)(H,21,22,23). The van der Waals surface area contributed by atoms with Crippen molar-refractivity contribution in [3.8, 4) is 0 Å². The molecule has 2 N–H and O–H groups in total. The summed E-state index contributed by atoms with van der Waals surface area (Å²) in [6.45, 7) is 6.18. The van der Waals surface area contributed by atoms with Crippen molar-refractivity contribution < 1.29 is 9.21 Å². The highest BCUT2D eigenvalue weighted by atomic mass is 16.3. The van der Waals surface area contributed by atoms with Gasteiger partial charge in [-0.25, -0.2) is 9.97 Å². The molecule has 0 unspecified atom stereocenters. The van der Waals surface area contributed by atoms with Crippen molar-refractivity contribution in [3.63, 3.8) is 0 Å². The van der Waals surface area contributed by atoms with E-state index in [1.165, 1.54) is 0 Å². The molecule has 0 aliphatic carbocycles. The van der Waals surface area contributed by atoms with Gasteiger partial charge in [-0.2, -0.15) is 0 Å². The number of furan rings is 1. The Labute approximate surface area is 146 Å². The summed E-state index contributed by atoms with van der Waals surface area (Å²) in [5.41, 5.74) is 4.17. The second kappa shape index (κ2) is 7.17. The van der Waals surface area contributed by atoms with E-state index in [0.717, 1.165) is 16.8 Å². The molecule has 6 heteroatoms. The lowest BCUT2D eigenvalue weighted by atomic mass is 10.1. The highest BCUT2D eigenvalue weighted by Crippen LogP contribution is 2.20. The van der Waals surface area contributed by atoms with Crippen LogP contribution in [0.2, 0.25) is 0 Å². The zero-order chi connectivity index (χ0) is 17.8. The van der Waals surface area contributed by atoms with Crippen LogP contribution in [-0.2, 0) is 6.54 Å².